The number of hydrogen-bond donors (Lipinski definition) is 2. The quantitative estimate of drug-likeness (QED) is 0.573. The van der Waals surface area contributed by atoms with Crippen LogP contribution in [0.25, 0.3) is 0 Å². The van der Waals surface area contributed by atoms with Gasteiger partial charge in [-0.3, -0.25) is 11.3 Å². The summed E-state index contributed by atoms with van der Waals surface area (Å²) in [5, 5.41) is 0. The second-order valence-electron chi connectivity index (χ2n) is 3.72. The molecule has 0 saturated heterocycles. The Hall–Kier alpha value is -0.900. The van der Waals surface area contributed by atoms with Crippen LogP contribution in [0.4, 0.5) is 0 Å². The first-order valence-electron chi connectivity index (χ1n) is 5.30. The zero-order chi connectivity index (χ0) is 11.3. The first kappa shape index (κ1) is 12.2. The van der Waals surface area contributed by atoms with Crippen molar-refractivity contribution < 1.29 is 4.74 Å². The van der Waals surface area contributed by atoms with Crippen molar-refractivity contribution >= 4 is 0 Å². The molecular weight excluding hydrogens is 188 g/mol. The highest BCUT2D eigenvalue weighted by Crippen LogP contribution is 2.16. The number of hydrazine groups is 1. The fourth-order valence-electron chi connectivity index (χ4n) is 1.46. The average molecular weight is 208 g/mol. The van der Waals surface area contributed by atoms with Gasteiger partial charge in [0.1, 0.15) is 0 Å². The van der Waals surface area contributed by atoms with E-state index < -0.39 is 0 Å². The van der Waals surface area contributed by atoms with Crippen LogP contribution in [0.15, 0.2) is 18.2 Å². The van der Waals surface area contributed by atoms with E-state index in [2.05, 4.69) is 37.5 Å². The third-order valence-electron chi connectivity index (χ3n) is 2.62. The minimum Gasteiger partial charge on any atom is -0.380 e. The molecule has 3 nitrogen and oxygen atoms in total. The molecule has 0 aliphatic carbocycles. The third kappa shape index (κ3) is 3.30. The van der Waals surface area contributed by atoms with Crippen molar-refractivity contribution in [3.8, 4) is 0 Å². The highest BCUT2D eigenvalue weighted by molar-refractivity contribution is 5.31. The molecule has 1 rings (SSSR count). The Balaban J connectivity index is 2.78. The van der Waals surface area contributed by atoms with E-state index in [1.807, 2.05) is 6.92 Å². The van der Waals surface area contributed by atoms with Crippen LogP contribution in [0, 0.1) is 13.8 Å². The summed E-state index contributed by atoms with van der Waals surface area (Å²) in [4.78, 5) is 0. The van der Waals surface area contributed by atoms with Crippen LogP contribution < -0.4 is 11.3 Å². The maximum Gasteiger partial charge on any atom is 0.0694 e. The third-order valence-corrected chi connectivity index (χ3v) is 2.62. The number of ether oxygens (including phenoxy) is 1. The van der Waals surface area contributed by atoms with Crippen molar-refractivity contribution in [2.24, 2.45) is 5.84 Å². The van der Waals surface area contributed by atoms with E-state index in [-0.39, 0.29) is 6.04 Å². The topological polar surface area (TPSA) is 47.3 Å². The lowest BCUT2D eigenvalue weighted by Gasteiger charge is -2.17. The van der Waals surface area contributed by atoms with Gasteiger partial charge in [0.05, 0.1) is 12.6 Å². The summed E-state index contributed by atoms with van der Waals surface area (Å²) >= 11 is 0. The van der Waals surface area contributed by atoms with Gasteiger partial charge in [0.2, 0.25) is 0 Å². The summed E-state index contributed by atoms with van der Waals surface area (Å²) in [6.45, 7) is 7.51. The molecule has 0 aliphatic rings. The van der Waals surface area contributed by atoms with E-state index in [1.54, 1.807) is 0 Å². The lowest BCUT2D eigenvalue weighted by atomic mass is 10.0. The van der Waals surface area contributed by atoms with E-state index in [1.165, 1.54) is 16.7 Å². The van der Waals surface area contributed by atoms with Gasteiger partial charge in [-0.2, -0.15) is 0 Å². The second kappa shape index (κ2) is 5.85. The first-order chi connectivity index (χ1) is 7.19. The molecule has 1 aromatic carbocycles. The van der Waals surface area contributed by atoms with Gasteiger partial charge in [-0.15, -0.1) is 0 Å². The van der Waals surface area contributed by atoms with Gasteiger partial charge in [0.25, 0.3) is 0 Å². The fourth-order valence-corrected chi connectivity index (χ4v) is 1.46. The molecule has 0 aromatic heterocycles. The van der Waals surface area contributed by atoms with Gasteiger partial charge in [0.15, 0.2) is 0 Å². The molecule has 15 heavy (non-hydrogen) atoms. The maximum atomic E-state index is 5.50. The largest absolute Gasteiger partial charge is 0.380 e. The number of aryl methyl sites for hydroxylation is 2. The molecule has 84 valence electrons. The Bertz CT molecular complexity index is 312. The van der Waals surface area contributed by atoms with E-state index in [4.69, 9.17) is 10.6 Å². The second-order valence-corrected chi connectivity index (χ2v) is 3.72. The molecule has 0 fully saturated rings. The summed E-state index contributed by atoms with van der Waals surface area (Å²) in [6, 6.07) is 6.43. The number of benzene rings is 1. The standard InChI is InChI=1S/C12H20N2O/c1-4-15-8-12(14-13)11-6-5-9(2)10(3)7-11/h5-7,12,14H,4,8,13H2,1-3H3. The highest BCUT2D eigenvalue weighted by atomic mass is 16.5. The predicted molar refractivity (Wildman–Crippen MR) is 62.5 cm³/mol. The van der Waals surface area contributed by atoms with Gasteiger partial charge >= 0.3 is 0 Å². The van der Waals surface area contributed by atoms with Crippen LogP contribution in [-0.2, 0) is 4.74 Å². The maximum absolute atomic E-state index is 5.50. The normalized spacial score (nSPS) is 12.8. The SMILES string of the molecule is CCOCC(NN)c1ccc(C)c(C)c1. The predicted octanol–water partition coefficient (Wildman–Crippen LogP) is 1.84. The van der Waals surface area contributed by atoms with Crippen molar-refractivity contribution in [1.29, 1.82) is 0 Å². The van der Waals surface area contributed by atoms with Gasteiger partial charge in [-0.1, -0.05) is 18.2 Å². The van der Waals surface area contributed by atoms with E-state index in [9.17, 15) is 0 Å². The van der Waals surface area contributed by atoms with Gasteiger partial charge in [-0.25, -0.2) is 0 Å². The van der Waals surface area contributed by atoms with E-state index >= 15 is 0 Å². The lowest BCUT2D eigenvalue weighted by molar-refractivity contribution is 0.123. The first-order valence-corrected chi connectivity index (χ1v) is 5.30. The minimum absolute atomic E-state index is 0.0734. The molecule has 0 amide bonds. The van der Waals surface area contributed by atoms with Crippen LogP contribution in [0.5, 0.6) is 0 Å². The molecule has 0 radical (unpaired) electrons. The molecule has 1 atom stereocenters. The van der Waals surface area contributed by atoms with Crippen LogP contribution in [0.3, 0.4) is 0 Å². The lowest BCUT2D eigenvalue weighted by Crippen LogP contribution is -2.31. The highest BCUT2D eigenvalue weighted by Gasteiger charge is 2.09. The zero-order valence-electron chi connectivity index (χ0n) is 9.71. The van der Waals surface area contributed by atoms with Crippen LogP contribution in [0.1, 0.15) is 29.7 Å². The summed E-state index contributed by atoms with van der Waals surface area (Å²) in [5.41, 5.74) is 6.53. The number of hydrogen-bond acceptors (Lipinski definition) is 3. The van der Waals surface area contributed by atoms with Gasteiger partial charge in [0, 0.05) is 6.61 Å². The summed E-state index contributed by atoms with van der Waals surface area (Å²) in [7, 11) is 0. The van der Waals surface area contributed by atoms with Crippen LogP contribution in [-0.4, -0.2) is 13.2 Å². The van der Waals surface area contributed by atoms with E-state index in [0.717, 1.165) is 0 Å². The molecule has 1 unspecified atom stereocenters. The van der Waals surface area contributed by atoms with Crippen molar-refractivity contribution in [3.05, 3.63) is 34.9 Å². The van der Waals surface area contributed by atoms with Gasteiger partial charge in [-0.05, 0) is 37.5 Å². The molecule has 1 aromatic rings. The van der Waals surface area contributed by atoms with Crippen LogP contribution in [0.2, 0.25) is 0 Å². The van der Waals surface area contributed by atoms with Gasteiger partial charge < -0.3 is 4.74 Å². The molecule has 0 saturated carbocycles. The Labute approximate surface area is 91.6 Å². The van der Waals surface area contributed by atoms with Crippen molar-refractivity contribution in [1.82, 2.24) is 5.43 Å². The molecule has 0 bridgehead atoms. The van der Waals surface area contributed by atoms with Crippen LogP contribution >= 0.6 is 0 Å². The molecule has 0 spiro atoms. The Kier molecular flexibility index (Phi) is 4.75. The summed E-state index contributed by atoms with van der Waals surface area (Å²) < 4.78 is 5.37. The molecular formula is C12H20N2O. The van der Waals surface area contributed by atoms with Crippen molar-refractivity contribution in [3.63, 3.8) is 0 Å². The molecule has 0 heterocycles. The fraction of sp³-hybridized carbons (Fsp3) is 0.500. The Morgan fingerprint density at radius 3 is 2.60 bits per heavy atom. The Morgan fingerprint density at radius 1 is 1.33 bits per heavy atom. The van der Waals surface area contributed by atoms with Crippen molar-refractivity contribution in [2.45, 2.75) is 26.8 Å². The average Bonchev–Trinajstić information content (AvgIpc) is 2.24. The number of rotatable bonds is 5. The number of nitrogens with two attached hydrogens (primary N) is 1. The summed E-state index contributed by atoms with van der Waals surface area (Å²) in [6.07, 6.45) is 0. The molecule has 3 N–H and O–H groups in total. The molecule has 3 heteroatoms. The Morgan fingerprint density at radius 2 is 2.07 bits per heavy atom. The smallest absolute Gasteiger partial charge is 0.0694 e. The number of nitrogens with one attached hydrogen (secondary N) is 1. The van der Waals surface area contributed by atoms with Crippen molar-refractivity contribution in [2.75, 3.05) is 13.2 Å². The van der Waals surface area contributed by atoms with E-state index in [0.29, 0.717) is 13.2 Å². The zero-order valence-corrected chi connectivity index (χ0v) is 9.71. The molecule has 0 aliphatic heterocycles. The summed E-state index contributed by atoms with van der Waals surface area (Å²) in [5.74, 6) is 5.50. The monoisotopic (exact) mass is 208 g/mol. The minimum atomic E-state index is 0.0734.